The maximum absolute atomic E-state index is 13.1. The number of carbonyl (C=O) groups is 1. The molecule has 4 aromatic carbocycles. The van der Waals surface area contributed by atoms with Crippen molar-refractivity contribution in [3.63, 3.8) is 0 Å². The minimum atomic E-state index is -0.240. The maximum atomic E-state index is 13.1. The van der Waals surface area contributed by atoms with Gasteiger partial charge in [-0.25, -0.2) is 9.97 Å². The molecule has 6 aromatic rings. The van der Waals surface area contributed by atoms with Crippen molar-refractivity contribution in [2.75, 3.05) is 5.32 Å². The first-order valence-corrected chi connectivity index (χ1v) is 12.3. The molecule has 2 aromatic heterocycles. The largest absolute Gasteiger partial charge is 0.321 e. The number of para-hydroxylation sites is 3. The van der Waals surface area contributed by atoms with Gasteiger partial charge in [-0.3, -0.25) is 14.2 Å². The first-order chi connectivity index (χ1) is 17.6. The first-order valence-electron chi connectivity index (χ1n) is 11.4. The van der Waals surface area contributed by atoms with Gasteiger partial charge < -0.3 is 5.32 Å². The van der Waals surface area contributed by atoms with E-state index in [1.807, 2.05) is 66.7 Å². The van der Waals surface area contributed by atoms with Crippen molar-refractivity contribution in [1.82, 2.24) is 14.5 Å². The fourth-order valence-corrected chi connectivity index (χ4v) is 5.28. The highest BCUT2D eigenvalue weighted by Crippen LogP contribution is 2.34. The second kappa shape index (κ2) is 8.87. The highest BCUT2D eigenvalue weighted by molar-refractivity contribution is 7.21. The fourth-order valence-electron chi connectivity index (χ4n) is 4.27. The molecule has 0 spiro atoms. The molecule has 0 saturated heterocycles. The summed E-state index contributed by atoms with van der Waals surface area (Å²) in [6, 6.07) is 29.9. The number of benzene rings is 4. The van der Waals surface area contributed by atoms with E-state index in [2.05, 4.69) is 10.3 Å². The Kier molecular flexibility index (Phi) is 5.39. The number of aryl methyl sites for hydroxylation is 1. The molecular formula is C29H20N4O2S. The average Bonchev–Trinajstić information content (AvgIpc) is 3.33. The van der Waals surface area contributed by atoms with Gasteiger partial charge >= 0.3 is 0 Å². The van der Waals surface area contributed by atoms with Crippen LogP contribution in [0, 0.1) is 6.92 Å². The molecule has 0 radical (unpaired) electrons. The van der Waals surface area contributed by atoms with Crippen LogP contribution in [0.2, 0.25) is 0 Å². The average molecular weight is 489 g/mol. The predicted octanol–water partition coefficient (Wildman–Crippen LogP) is 6.22. The van der Waals surface area contributed by atoms with Crippen LogP contribution in [0.3, 0.4) is 0 Å². The van der Waals surface area contributed by atoms with Gasteiger partial charge in [-0.05, 0) is 67.6 Å². The van der Waals surface area contributed by atoms with Gasteiger partial charge in [0.05, 0.1) is 32.5 Å². The van der Waals surface area contributed by atoms with Crippen molar-refractivity contribution >= 4 is 44.1 Å². The number of fused-ring (bicyclic) bond motifs is 2. The molecule has 1 N–H and O–H groups in total. The summed E-state index contributed by atoms with van der Waals surface area (Å²) in [5.41, 5.74) is 4.16. The van der Waals surface area contributed by atoms with Gasteiger partial charge in [0.1, 0.15) is 10.8 Å². The highest BCUT2D eigenvalue weighted by Gasteiger charge is 2.15. The number of rotatable bonds is 4. The number of nitrogens with zero attached hydrogens (tertiary/aromatic N) is 3. The van der Waals surface area contributed by atoms with Gasteiger partial charge in [0.25, 0.3) is 11.5 Å². The smallest absolute Gasteiger partial charge is 0.265 e. The van der Waals surface area contributed by atoms with Gasteiger partial charge in [-0.15, -0.1) is 11.3 Å². The lowest BCUT2D eigenvalue weighted by molar-refractivity contribution is 0.102. The summed E-state index contributed by atoms with van der Waals surface area (Å²) in [4.78, 5) is 35.5. The fraction of sp³-hybridized carbons (Fsp3) is 0.0345. The van der Waals surface area contributed by atoms with E-state index in [9.17, 15) is 9.59 Å². The highest BCUT2D eigenvalue weighted by atomic mass is 32.1. The van der Waals surface area contributed by atoms with Crippen LogP contribution in [0.4, 0.5) is 5.69 Å². The SMILES string of the molecule is Cc1nc2ccccc2c(=O)n1-c1ccc(C(=O)Nc2ccccc2-c2nc3ccccc3s2)cc1. The van der Waals surface area contributed by atoms with E-state index in [1.54, 1.807) is 53.2 Å². The summed E-state index contributed by atoms with van der Waals surface area (Å²) in [5.74, 6) is 0.344. The molecule has 174 valence electrons. The Morgan fingerprint density at radius 3 is 2.31 bits per heavy atom. The first kappa shape index (κ1) is 21.9. The van der Waals surface area contributed by atoms with E-state index >= 15 is 0 Å². The lowest BCUT2D eigenvalue weighted by Gasteiger charge is -2.12. The monoisotopic (exact) mass is 488 g/mol. The van der Waals surface area contributed by atoms with Crippen LogP contribution in [-0.2, 0) is 0 Å². The molecule has 0 aliphatic heterocycles. The van der Waals surface area contributed by atoms with Gasteiger partial charge in [0.15, 0.2) is 0 Å². The van der Waals surface area contributed by atoms with Crippen LogP contribution in [0.1, 0.15) is 16.2 Å². The van der Waals surface area contributed by atoms with Crippen molar-refractivity contribution < 1.29 is 4.79 Å². The minimum Gasteiger partial charge on any atom is -0.321 e. The molecule has 1 amide bonds. The van der Waals surface area contributed by atoms with Crippen molar-refractivity contribution in [1.29, 1.82) is 0 Å². The molecule has 36 heavy (non-hydrogen) atoms. The Hall–Kier alpha value is -4.62. The molecule has 0 fully saturated rings. The molecule has 6 rings (SSSR count). The molecule has 0 atom stereocenters. The molecular weight excluding hydrogens is 468 g/mol. The summed E-state index contributed by atoms with van der Waals surface area (Å²) in [5, 5.41) is 4.42. The minimum absolute atomic E-state index is 0.139. The van der Waals surface area contributed by atoms with Crippen molar-refractivity contribution in [2.45, 2.75) is 6.92 Å². The van der Waals surface area contributed by atoms with Gasteiger partial charge in [0.2, 0.25) is 0 Å². The summed E-state index contributed by atoms with van der Waals surface area (Å²) in [6.45, 7) is 1.80. The molecule has 0 unspecified atom stereocenters. The summed E-state index contributed by atoms with van der Waals surface area (Å²) in [6.07, 6.45) is 0. The number of carbonyl (C=O) groups excluding carboxylic acids is 1. The van der Waals surface area contributed by atoms with Crippen molar-refractivity contribution in [3.05, 3.63) is 119 Å². The molecule has 0 bridgehead atoms. The number of hydrogen-bond donors (Lipinski definition) is 1. The van der Waals surface area contributed by atoms with E-state index in [1.165, 1.54) is 0 Å². The summed E-state index contributed by atoms with van der Waals surface area (Å²) in [7, 11) is 0. The quantitative estimate of drug-likeness (QED) is 0.319. The number of aromatic nitrogens is 3. The Morgan fingerprint density at radius 2 is 1.50 bits per heavy atom. The van der Waals surface area contributed by atoms with E-state index in [0.29, 0.717) is 33.7 Å². The Bertz CT molecular complexity index is 1790. The Labute approximate surface area is 210 Å². The number of amides is 1. The van der Waals surface area contributed by atoms with Gasteiger partial charge in [-0.2, -0.15) is 0 Å². The number of thiazole rings is 1. The van der Waals surface area contributed by atoms with E-state index < -0.39 is 0 Å². The van der Waals surface area contributed by atoms with Crippen LogP contribution in [0.15, 0.2) is 102 Å². The zero-order chi connectivity index (χ0) is 24.6. The van der Waals surface area contributed by atoms with Crippen molar-refractivity contribution in [2.24, 2.45) is 0 Å². The zero-order valence-corrected chi connectivity index (χ0v) is 20.1. The topological polar surface area (TPSA) is 76.9 Å². The number of hydrogen-bond acceptors (Lipinski definition) is 5. The predicted molar refractivity (Wildman–Crippen MR) is 145 cm³/mol. The van der Waals surface area contributed by atoms with Crippen LogP contribution >= 0.6 is 11.3 Å². The van der Waals surface area contributed by atoms with E-state index in [4.69, 9.17) is 4.98 Å². The number of nitrogens with one attached hydrogen (secondary N) is 1. The summed E-state index contributed by atoms with van der Waals surface area (Å²) >= 11 is 1.59. The van der Waals surface area contributed by atoms with Gasteiger partial charge in [-0.1, -0.05) is 36.4 Å². The molecule has 6 nitrogen and oxygen atoms in total. The normalized spacial score (nSPS) is 11.1. The maximum Gasteiger partial charge on any atom is 0.265 e. The molecule has 0 aliphatic carbocycles. The second-order valence-electron chi connectivity index (χ2n) is 8.35. The molecule has 7 heteroatoms. The van der Waals surface area contributed by atoms with Gasteiger partial charge in [0, 0.05) is 11.1 Å². The molecule has 0 saturated carbocycles. The van der Waals surface area contributed by atoms with Crippen LogP contribution in [-0.4, -0.2) is 20.4 Å². The Morgan fingerprint density at radius 1 is 0.806 bits per heavy atom. The van der Waals surface area contributed by atoms with E-state index in [-0.39, 0.29) is 11.5 Å². The summed E-state index contributed by atoms with van der Waals surface area (Å²) < 4.78 is 2.66. The van der Waals surface area contributed by atoms with Crippen LogP contribution < -0.4 is 10.9 Å². The third kappa shape index (κ3) is 3.85. The van der Waals surface area contributed by atoms with Crippen LogP contribution in [0.5, 0.6) is 0 Å². The molecule has 2 heterocycles. The molecule has 0 aliphatic rings. The lowest BCUT2D eigenvalue weighted by atomic mass is 10.1. The lowest BCUT2D eigenvalue weighted by Crippen LogP contribution is -2.22. The van der Waals surface area contributed by atoms with Crippen molar-refractivity contribution in [3.8, 4) is 16.3 Å². The third-order valence-electron chi connectivity index (χ3n) is 6.03. The Balaban J connectivity index is 1.30. The van der Waals surface area contributed by atoms with E-state index in [0.717, 1.165) is 20.8 Å². The third-order valence-corrected chi connectivity index (χ3v) is 7.10. The standard InChI is InChI=1S/C29H20N4O2S/c1-18-30-24-11-5-3-9-22(24)29(35)33(18)20-16-14-19(15-17-20)27(34)31-23-10-4-2-8-21(23)28-32-25-12-6-7-13-26(25)36-28/h2-17H,1H3,(H,31,34). The second-order valence-corrected chi connectivity index (χ2v) is 9.38. The van der Waals surface area contributed by atoms with Crippen LogP contribution in [0.25, 0.3) is 37.4 Å². The zero-order valence-electron chi connectivity index (χ0n) is 19.3. The number of anilines is 1.